The first-order chi connectivity index (χ1) is 12.3. The number of hydrogen-bond acceptors (Lipinski definition) is 7. The summed E-state index contributed by atoms with van der Waals surface area (Å²) in [4.78, 5) is 24.6. The van der Waals surface area contributed by atoms with E-state index in [1.165, 1.54) is 11.8 Å². The van der Waals surface area contributed by atoms with E-state index in [0.29, 0.717) is 29.2 Å². The smallest absolute Gasteiger partial charge is 0.232 e. The van der Waals surface area contributed by atoms with E-state index in [9.17, 15) is 4.79 Å². The summed E-state index contributed by atoms with van der Waals surface area (Å²) in [6.45, 7) is 8.16. The van der Waals surface area contributed by atoms with Gasteiger partial charge in [0.2, 0.25) is 17.8 Å². The number of benzene rings is 1. The normalized spacial score (nSPS) is 12.0. The molecule has 0 aliphatic rings. The Kier molecular flexibility index (Phi) is 7.20. The number of aromatic nitrogens is 3. The number of para-hydroxylation sites is 1. The fourth-order valence-electron chi connectivity index (χ4n) is 2.09. The van der Waals surface area contributed by atoms with Crippen LogP contribution in [0.1, 0.15) is 32.2 Å². The van der Waals surface area contributed by atoms with Gasteiger partial charge in [0, 0.05) is 11.7 Å². The number of carbonyl (C=O) groups excluding carboxylic acids is 1. The van der Waals surface area contributed by atoms with Crippen molar-refractivity contribution >= 4 is 35.3 Å². The lowest BCUT2D eigenvalue weighted by molar-refractivity contribution is -0.119. The van der Waals surface area contributed by atoms with Crippen LogP contribution in [0.3, 0.4) is 0 Å². The molecule has 26 heavy (non-hydrogen) atoms. The second kappa shape index (κ2) is 9.38. The lowest BCUT2D eigenvalue weighted by atomic mass is 10.1. The lowest BCUT2D eigenvalue weighted by Crippen LogP contribution is -2.37. The summed E-state index contributed by atoms with van der Waals surface area (Å²) in [6, 6.07) is 8.01. The van der Waals surface area contributed by atoms with Gasteiger partial charge in [0.25, 0.3) is 0 Å². The number of nitrogen functional groups attached to an aromatic ring is 1. The first-order valence-corrected chi connectivity index (χ1v) is 9.71. The molecule has 0 bridgehead atoms. The van der Waals surface area contributed by atoms with Crippen LogP contribution in [0, 0.1) is 12.8 Å². The maximum atomic E-state index is 11.9. The fourth-order valence-corrected chi connectivity index (χ4v) is 2.77. The predicted molar refractivity (Wildman–Crippen MR) is 107 cm³/mol. The predicted octanol–water partition coefficient (Wildman–Crippen LogP) is 2.90. The van der Waals surface area contributed by atoms with E-state index in [2.05, 4.69) is 39.4 Å². The van der Waals surface area contributed by atoms with Gasteiger partial charge >= 0.3 is 0 Å². The number of amides is 1. The van der Waals surface area contributed by atoms with Gasteiger partial charge in [-0.2, -0.15) is 15.0 Å². The molecule has 1 aromatic carbocycles. The summed E-state index contributed by atoms with van der Waals surface area (Å²) in [5, 5.41) is 6.14. The molecule has 8 heteroatoms. The zero-order valence-electron chi connectivity index (χ0n) is 15.6. The Hall–Kier alpha value is -2.35. The SMILES string of the molecule is Cc1ccccc1Nc1nc(N)nc(CSCC(=O)NC(C)C(C)C)n1. The van der Waals surface area contributed by atoms with Crippen LogP contribution in [0.15, 0.2) is 24.3 Å². The highest BCUT2D eigenvalue weighted by molar-refractivity contribution is 7.99. The quantitative estimate of drug-likeness (QED) is 0.652. The maximum absolute atomic E-state index is 11.9. The zero-order chi connectivity index (χ0) is 19.1. The van der Waals surface area contributed by atoms with Gasteiger partial charge in [0.15, 0.2) is 0 Å². The van der Waals surface area contributed by atoms with E-state index < -0.39 is 0 Å². The molecule has 2 rings (SSSR count). The van der Waals surface area contributed by atoms with Crippen molar-refractivity contribution in [3.63, 3.8) is 0 Å². The molecular weight excluding hydrogens is 348 g/mol. The minimum absolute atomic E-state index is 0.0106. The maximum Gasteiger partial charge on any atom is 0.232 e. The standard InChI is InChI=1S/C18H26N6OS/c1-11(2)13(4)20-16(25)10-26-9-15-22-17(19)24-18(23-15)21-14-8-6-5-7-12(14)3/h5-8,11,13H,9-10H2,1-4H3,(H,20,25)(H3,19,21,22,23,24). The molecule has 1 heterocycles. The second-order valence-electron chi connectivity index (χ2n) is 6.47. The van der Waals surface area contributed by atoms with Crippen LogP contribution in [0.4, 0.5) is 17.6 Å². The van der Waals surface area contributed by atoms with Crippen molar-refractivity contribution in [3.05, 3.63) is 35.7 Å². The molecule has 0 aliphatic carbocycles. The minimum atomic E-state index is 0.0106. The van der Waals surface area contributed by atoms with Gasteiger partial charge in [0.05, 0.1) is 11.5 Å². The fraction of sp³-hybridized carbons (Fsp3) is 0.444. The summed E-state index contributed by atoms with van der Waals surface area (Å²) in [6.07, 6.45) is 0. The van der Waals surface area contributed by atoms with Crippen LogP contribution in [0.5, 0.6) is 0 Å². The molecule has 0 fully saturated rings. The number of nitrogens with two attached hydrogens (primary N) is 1. The Morgan fingerprint density at radius 2 is 1.92 bits per heavy atom. The third kappa shape index (κ3) is 6.18. The van der Waals surface area contributed by atoms with Crippen molar-refractivity contribution < 1.29 is 4.79 Å². The topological polar surface area (TPSA) is 106 Å². The zero-order valence-corrected chi connectivity index (χ0v) is 16.4. The Balaban J connectivity index is 1.93. The van der Waals surface area contributed by atoms with Crippen molar-refractivity contribution in [3.8, 4) is 0 Å². The van der Waals surface area contributed by atoms with Crippen LogP contribution in [-0.2, 0) is 10.5 Å². The van der Waals surface area contributed by atoms with Gasteiger partial charge in [0.1, 0.15) is 5.82 Å². The summed E-state index contributed by atoms with van der Waals surface area (Å²) >= 11 is 1.45. The number of nitrogens with zero attached hydrogens (tertiary/aromatic N) is 3. The molecule has 0 saturated heterocycles. The highest BCUT2D eigenvalue weighted by Crippen LogP contribution is 2.18. The molecule has 1 amide bonds. The minimum Gasteiger partial charge on any atom is -0.368 e. The third-order valence-corrected chi connectivity index (χ3v) is 4.87. The number of nitrogens with one attached hydrogen (secondary N) is 2. The number of anilines is 3. The Labute approximate surface area is 158 Å². The van der Waals surface area contributed by atoms with Crippen molar-refractivity contribution in [2.75, 3.05) is 16.8 Å². The van der Waals surface area contributed by atoms with Crippen LogP contribution in [-0.4, -0.2) is 32.7 Å². The van der Waals surface area contributed by atoms with Gasteiger partial charge in [-0.05, 0) is 31.4 Å². The Bertz CT molecular complexity index is 752. The molecule has 1 unspecified atom stereocenters. The average Bonchev–Trinajstić information content (AvgIpc) is 2.56. The van der Waals surface area contributed by atoms with Gasteiger partial charge in [-0.3, -0.25) is 4.79 Å². The molecule has 0 radical (unpaired) electrons. The molecule has 1 atom stereocenters. The van der Waals surface area contributed by atoms with Crippen molar-refractivity contribution in [2.45, 2.75) is 39.5 Å². The monoisotopic (exact) mass is 374 g/mol. The largest absolute Gasteiger partial charge is 0.368 e. The summed E-state index contributed by atoms with van der Waals surface area (Å²) in [7, 11) is 0. The summed E-state index contributed by atoms with van der Waals surface area (Å²) in [5.74, 6) is 2.36. The van der Waals surface area contributed by atoms with E-state index in [4.69, 9.17) is 5.73 Å². The number of carbonyl (C=O) groups is 1. The molecule has 1 aromatic heterocycles. The second-order valence-corrected chi connectivity index (χ2v) is 7.45. The van der Waals surface area contributed by atoms with Gasteiger partial charge in [-0.15, -0.1) is 11.8 Å². The number of hydrogen-bond donors (Lipinski definition) is 3. The summed E-state index contributed by atoms with van der Waals surface area (Å²) in [5.41, 5.74) is 7.79. The third-order valence-electron chi connectivity index (χ3n) is 3.94. The summed E-state index contributed by atoms with van der Waals surface area (Å²) < 4.78 is 0. The van der Waals surface area contributed by atoms with Gasteiger partial charge in [-0.1, -0.05) is 32.0 Å². The van der Waals surface area contributed by atoms with Crippen molar-refractivity contribution in [1.29, 1.82) is 0 Å². The van der Waals surface area contributed by atoms with Crippen molar-refractivity contribution in [2.24, 2.45) is 5.92 Å². The van der Waals surface area contributed by atoms with E-state index >= 15 is 0 Å². The van der Waals surface area contributed by atoms with E-state index in [-0.39, 0.29) is 17.9 Å². The molecular formula is C18H26N6OS. The highest BCUT2D eigenvalue weighted by Gasteiger charge is 2.12. The van der Waals surface area contributed by atoms with E-state index in [1.807, 2.05) is 38.1 Å². The number of thioether (sulfide) groups is 1. The van der Waals surface area contributed by atoms with Gasteiger partial charge in [-0.25, -0.2) is 0 Å². The van der Waals surface area contributed by atoms with E-state index in [0.717, 1.165) is 11.3 Å². The molecule has 0 spiro atoms. The van der Waals surface area contributed by atoms with Crippen LogP contribution in [0.25, 0.3) is 0 Å². The molecule has 0 aliphatic heterocycles. The Morgan fingerprint density at radius 3 is 2.62 bits per heavy atom. The highest BCUT2D eigenvalue weighted by atomic mass is 32.2. The van der Waals surface area contributed by atoms with Crippen LogP contribution < -0.4 is 16.4 Å². The van der Waals surface area contributed by atoms with E-state index in [1.54, 1.807) is 0 Å². The van der Waals surface area contributed by atoms with Gasteiger partial charge < -0.3 is 16.4 Å². The lowest BCUT2D eigenvalue weighted by Gasteiger charge is -2.17. The number of aryl methyl sites for hydroxylation is 1. The molecule has 7 nitrogen and oxygen atoms in total. The average molecular weight is 375 g/mol. The molecule has 4 N–H and O–H groups in total. The molecule has 140 valence electrons. The van der Waals surface area contributed by atoms with Crippen LogP contribution >= 0.6 is 11.8 Å². The molecule has 0 saturated carbocycles. The Morgan fingerprint density at radius 1 is 1.19 bits per heavy atom. The first-order valence-electron chi connectivity index (χ1n) is 8.55. The van der Waals surface area contributed by atoms with Crippen LogP contribution in [0.2, 0.25) is 0 Å². The van der Waals surface area contributed by atoms with Crippen molar-refractivity contribution in [1.82, 2.24) is 20.3 Å². The first kappa shape index (κ1) is 20.0. The number of rotatable bonds is 8. The molecule has 2 aromatic rings.